The van der Waals surface area contributed by atoms with Gasteiger partial charge < -0.3 is 5.73 Å². The van der Waals surface area contributed by atoms with Crippen molar-refractivity contribution in [1.29, 1.82) is 5.26 Å². The van der Waals surface area contributed by atoms with Crippen molar-refractivity contribution < 1.29 is 9.18 Å². The highest BCUT2D eigenvalue weighted by Crippen LogP contribution is 2.14. The highest BCUT2D eigenvalue weighted by Gasteiger charge is 2.23. The molecule has 0 saturated carbocycles. The van der Waals surface area contributed by atoms with Crippen LogP contribution in [0.1, 0.15) is 15.9 Å². The number of aromatic nitrogens is 2. The van der Waals surface area contributed by atoms with Gasteiger partial charge in [-0.25, -0.2) is 9.18 Å². The number of anilines is 1. The summed E-state index contributed by atoms with van der Waals surface area (Å²) in [5.41, 5.74) is 3.71. The molecule has 0 aliphatic heterocycles. The van der Waals surface area contributed by atoms with E-state index in [0.29, 0.717) is 5.56 Å². The summed E-state index contributed by atoms with van der Waals surface area (Å²) in [6, 6.07) is 6.80. The maximum atomic E-state index is 12.9. The molecular weight excluding hydrogens is 315 g/mol. The zero-order valence-electron chi connectivity index (χ0n) is 12.9. The number of hydrogen-bond donors (Lipinski definition) is 1. The molecule has 2 N–H and O–H groups in total. The molecule has 0 aliphatic rings. The van der Waals surface area contributed by atoms with E-state index in [2.05, 4.69) is 0 Å². The number of rotatable bonds is 3. The maximum Gasteiger partial charge on any atom is 0.332 e. The second-order valence-corrected chi connectivity index (χ2v) is 5.02. The molecule has 0 unspecified atom stereocenters. The Morgan fingerprint density at radius 2 is 1.79 bits per heavy atom. The van der Waals surface area contributed by atoms with Crippen LogP contribution in [0.4, 0.5) is 10.2 Å². The van der Waals surface area contributed by atoms with E-state index in [-0.39, 0.29) is 11.4 Å². The van der Waals surface area contributed by atoms with Crippen molar-refractivity contribution in [3.8, 4) is 6.07 Å². The average Bonchev–Trinajstić information content (AvgIpc) is 2.57. The third kappa shape index (κ3) is 2.87. The smallest absolute Gasteiger partial charge is 0.332 e. The van der Waals surface area contributed by atoms with E-state index in [1.807, 2.05) is 0 Å². The maximum absolute atomic E-state index is 12.9. The van der Waals surface area contributed by atoms with Crippen molar-refractivity contribution in [2.24, 2.45) is 14.1 Å². The molecular formula is C16H13FN4O3. The van der Waals surface area contributed by atoms with E-state index in [4.69, 9.17) is 5.73 Å². The summed E-state index contributed by atoms with van der Waals surface area (Å²) in [6.07, 6.45) is 1.21. The van der Waals surface area contributed by atoms with Crippen LogP contribution in [0.25, 0.3) is 6.08 Å². The minimum absolute atomic E-state index is 0.326. The Morgan fingerprint density at radius 1 is 1.21 bits per heavy atom. The lowest BCUT2D eigenvalue weighted by Gasteiger charge is -2.10. The van der Waals surface area contributed by atoms with Crippen molar-refractivity contribution in [3.05, 3.63) is 67.6 Å². The molecule has 2 rings (SSSR count). The molecule has 1 aromatic heterocycles. The van der Waals surface area contributed by atoms with Crippen LogP contribution in [-0.4, -0.2) is 14.9 Å². The van der Waals surface area contributed by atoms with E-state index < -0.39 is 28.4 Å². The van der Waals surface area contributed by atoms with Crippen LogP contribution in [0.15, 0.2) is 39.4 Å². The summed E-state index contributed by atoms with van der Waals surface area (Å²) in [7, 11) is 2.51. The molecule has 0 amide bonds. The van der Waals surface area contributed by atoms with Crippen LogP contribution in [0.5, 0.6) is 0 Å². The van der Waals surface area contributed by atoms with Crippen molar-refractivity contribution in [3.63, 3.8) is 0 Å². The molecule has 0 aliphatic carbocycles. The van der Waals surface area contributed by atoms with Gasteiger partial charge in [-0.1, -0.05) is 12.1 Å². The highest BCUT2D eigenvalue weighted by atomic mass is 19.1. The molecule has 7 nitrogen and oxygen atoms in total. The van der Waals surface area contributed by atoms with E-state index in [9.17, 15) is 24.0 Å². The number of ketones is 1. The minimum Gasteiger partial charge on any atom is -0.384 e. The predicted molar refractivity (Wildman–Crippen MR) is 85.7 cm³/mol. The normalized spacial score (nSPS) is 11.2. The molecule has 2 aromatic rings. The average molecular weight is 328 g/mol. The molecule has 0 spiro atoms. The number of nitrogens with two attached hydrogens (primary N) is 1. The van der Waals surface area contributed by atoms with Gasteiger partial charge in [0.05, 0.1) is 0 Å². The Morgan fingerprint density at radius 3 is 2.33 bits per heavy atom. The van der Waals surface area contributed by atoms with Crippen LogP contribution < -0.4 is 17.0 Å². The first-order chi connectivity index (χ1) is 11.3. The molecule has 122 valence electrons. The number of allylic oxidation sites excluding steroid dienone is 1. The van der Waals surface area contributed by atoms with E-state index in [1.165, 1.54) is 44.4 Å². The predicted octanol–water partition coefficient (Wildman–Crippen LogP) is 0.595. The van der Waals surface area contributed by atoms with Gasteiger partial charge in [0.15, 0.2) is 0 Å². The second kappa shape index (κ2) is 6.34. The summed E-state index contributed by atoms with van der Waals surface area (Å²) in [5.74, 6) is -1.70. The number of halogens is 1. The zero-order chi connectivity index (χ0) is 18.0. The standard InChI is InChI=1S/C16H13FN4O3/c1-20-14(19)12(15(23)21(2)16(20)24)13(22)10(8-18)7-9-3-5-11(17)6-4-9/h3-7H,19H2,1-2H3/b10-7+. The zero-order valence-corrected chi connectivity index (χ0v) is 12.9. The number of carbonyl (C=O) groups excluding carboxylic acids is 1. The van der Waals surface area contributed by atoms with Gasteiger partial charge in [-0.2, -0.15) is 5.26 Å². The van der Waals surface area contributed by atoms with Crippen LogP contribution in [0, 0.1) is 17.1 Å². The lowest BCUT2D eigenvalue weighted by molar-refractivity contribution is 0.103. The Kier molecular flexibility index (Phi) is 4.46. The quantitative estimate of drug-likeness (QED) is 0.504. The first-order valence-corrected chi connectivity index (χ1v) is 6.75. The van der Waals surface area contributed by atoms with Gasteiger partial charge in [0.2, 0.25) is 5.78 Å². The molecule has 8 heteroatoms. The molecule has 0 bridgehead atoms. The van der Waals surface area contributed by atoms with Gasteiger partial charge in [-0.3, -0.25) is 18.7 Å². The SMILES string of the molecule is Cn1c(N)c(C(=O)/C(C#N)=C/c2ccc(F)cc2)c(=O)n(C)c1=O. The third-order valence-electron chi connectivity index (χ3n) is 3.48. The number of benzene rings is 1. The molecule has 0 radical (unpaired) electrons. The first kappa shape index (κ1) is 16.9. The van der Waals surface area contributed by atoms with Gasteiger partial charge in [0.1, 0.15) is 28.8 Å². The molecule has 1 heterocycles. The van der Waals surface area contributed by atoms with E-state index in [1.54, 1.807) is 6.07 Å². The van der Waals surface area contributed by atoms with Crippen molar-refractivity contribution in [2.45, 2.75) is 0 Å². The summed E-state index contributed by atoms with van der Waals surface area (Å²) < 4.78 is 14.6. The topological polar surface area (TPSA) is 111 Å². The number of Topliss-reactive ketones (excluding diaryl/α,β-unsaturated/α-hetero) is 1. The Bertz CT molecular complexity index is 1010. The fourth-order valence-electron chi connectivity index (χ4n) is 2.08. The third-order valence-corrected chi connectivity index (χ3v) is 3.48. The molecule has 0 saturated heterocycles. The number of nitrogen functional groups attached to an aromatic ring is 1. The summed E-state index contributed by atoms with van der Waals surface area (Å²) in [5, 5.41) is 9.22. The monoisotopic (exact) mass is 328 g/mol. The Balaban J connectivity index is 2.63. The lowest BCUT2D eigenvalue weighted by atomic mass is 10.0. The molecule has 24 heavy (non-hydrogen) atoms. The fraction of sp³-hybridized carbons (Fsp3) is 0.125. The van der Waals surface area contributed by atoms with Gasteiger partial charge in [-0.05, 0) is 23.8 Å². The van der Waals surface area contributed by atoms with Crippen LogP contribution >= 0.6 is 0 Å². The van der Waals surface area contributed by atoms with E-state index in [0.717, 1.165) is 9.13 Å². The Hall–Kier alpha value is -3.47. The van der Waals surface area contributed by atoms with Crippen molar-refractivity contribution in [2.75, 3.05) is 5.73 Å². The number of carbonyl (C=O) groups is 1. The van der Waals surface area contributed by atoms with Crippen molar-refractivity contribution in [1.82, 2.24) is 9.13 Å². The molecule has 1 aromatic carbocycles. The lowest BCUT2D eigenvalue weighted by Crippen LogP contribution is -2.41. The summed E-state index contributed by atoms with van der Waals surface area (Å²) in [6.45, 7) is 0. The Labute approximate surface area is 135 Å². The second-order valence-electron chi connectivity index (χ2n) is 5.02. The summed E-state index contributed by atoms with van der Waals surface area (Å²) in [4.78, 5) is 36.5. The van der Waals surface area contributed by atoms with Gasteiger partial charge in [-0.15, -0.1) is 0 Å². The fourth-order valence-corrected chi connectivity index (χ4v) is 2.08. The van der Waals surface area contributed by atoms with Crippen LogP contribution in [0.3, 0.4) is 0 Å². The molecule has 0 atom stereocenters. The van der Waals surface area contributed by atoms with Crippen LogP contribution in [-0.2, 0) is 14.1 Å². The number of hydrogen-bond acceptors (Lipinski definition) is 5. The van der Waals surface area contributed by atoms with Gasteiger partial charge in [0.25, 0.3) is 5.56 Å². The van der Waals surface area contributed by atoms with Gasteiger partial charge >= 0.3 is 5.69 Å². The number of nitriles is 1. The summed E-state index contributed by atoms with van der Waals surface area (Å²) >= 11 is 0. The van der Waals surface area contributed by atoms with E-state index >= 15 is 0 Å². The van der Waals surface area contributed by atoms with Gasteiger partial charge in [0, 0.05) is 14.1 Å². The molecule has 0 fully saturated rings. The first-order valence-electron chi connectivity index (χ1n) is 6.75. The van der Waals surface area contributed by atoms with Crippen molar-refractivity contribution >= 4 is 17.7 Å². The number of nitrogens with zero attached hydrogens (tertiary/aromatic N) is 3. The highest BCUT2D eigenvalue weighted by molar-refractivity contribution is 6.16. The minimum atomic E-state index is -0.907. The largest absolute Gasteiger partial charge is 0.384 e. The van der Waals surface area contributed by atoms with Crippen LogP contribution in [0.2, 0.25) is 0 Å².